The topological polar surface area (TPSA) is 90.7 Å². The molecule has 2 heterocycles. The summed E-state index contributed by atoms with van der Waals surface area (Å²) in [5, 5.41) is 0.976. The quantitative estimate of drug-likeness (QED) is 0.130. The second kappa shape index (κ2) is 7.23. The van der Waals surface area contributed by atoms with Crippen molar-refractivity contribution in [3.05, 3.63) is 111 Å². The van der Waals surface area contributed by atoms with E-state index in [1.54, 1.807) is 79.7 Å². The van der Waals surface area contributed by atoms with Crippen molar-refractivity contribution in [3.63, 3.8) is 0 Å². The lowest BCUT2D eigenvalue weighted by Crippen LogP contribution is -2.40. The lowest BCUT2D eigenvalue weighted by Gasteiger charge is -2.22. The molecule has 6 rings (SSSR count). The highest BCUT2D eigenvalue weighted by molar-refractivity contribution is 6.31. The van der Waals surface area contributed by atoms with Gasteiger partial charge in [-0.2, -0.15) is 0 Å². The van der Waals surface area contributed by atoms with Gasteiger partial charge in [0.2, 0.25) is 0 Å². The van der Waals surface area contributed by atoms with E-state index in [4.69, 9.17) is 20.8 Å². The number of benzene rings is 3. The summed E-state index contributed by atoms with van der Waals surface area (Å²) in [6.45, 7) is 1.58. The number of ketones is 2. The van der Waals surface area contributed by atoms with Gasteiger partial charge in [-0.05, 0) is 42.5 Å². The van der Waals surface area contributed by atoms with E-state index < -0.39 is 39.9 Å². The Hall–Kier alpha value is -4.03. The molecule has 0 radical (unpaired) electrons. The van der Waals surface area contributed by atoms with Gasteiger partial charge in [-0.25, -0.2) is 4.79 Å². The molecular weight excluding hydrogens is 468 g/mol. The van der Waals surface area contributed by atoms with E-state index in [9.17, 15) is 19.2 Å². The van der Waals surface area contributed by atoms with E-state index in [1.807, 2.05) is 0 Å². The average molecular weight is 485 g/mol. The number of para-hydroxylation sites is 2. The second-order valence-corrected chi connectivity index (χ2v) is 9.46. The van der Waals surface area contributed by atoms with Crippen LogP contribution in [0.5, 0.6) is 5.75 Å². The van der Waals surface area contributed by atoms with Crippen LogP contribution < -0.4 is 10.4 Å². The van der Waals surface area contributed by atoms with Gasteiger partial charge in [0.05, 0.1) is 5.41 Å². The maximum Gasteiger partial charge on any atom is 0.347 e. The van der Waals surface area contributed by atoms with E-state index >= 15 is 0 Å². The van der Waals surface area contributed by atoms with E-state index in [1.165, 1.54) is 6.07 Å². The summed E-state index contributed by atoms with van der Waals surface area (Å²) in [4.78, 5) is 54.5. The van der Waals surface area contributed by atoms with Crippen LogP contribution in [0.25, 0.3) is 11.0 Å². The van der Waals surface area contributed by atoms with Crippen molar-refractivity contribution >= 4 is 40.1 Å². The van der Waals surface area contributed by atoms with Crippen LogP contribution in [-0.4, -0.2) is 17.5 Å². The predicted octanol–water partition coefficient (Wildman–Crippen LogP) is 5.22. The normalized spacial score (nSPS) is 24.3. The molecule has 4 aromatic rings. The van der Waals surface area contributed by atoms with Crippen LogP contribution in [0.15, 0.2) is 88.1 Å². The fourth-order valence-electron chi connectivity index (χ4n) is 5.59. The van der Waals surface area contributed by atoms with Gasteiger partial charge in [0, 0.05) is 27.5 Å². The van der Waals surface area contributed by atoms with E-state index in [0.717, 1.165) is 0 Å². The summed E-state index contributed by atoms with van der Waals surface area (Å²) < 4.78 is 11.0. The van der Waals surface area contributed by atoms with Gasteiger partial charge in [0.1, 0.15) is 16.9 Å². The van der Waals surface area contributed by atoms with Gasteiger partial charge >= 0.3 is 11.6 Å². The zero-order chi connectivity index (χ0) is 24.5. The molecule has 7 heteroatoms. The van der Waals surface area contributed by atoms with Crippen molar-refractivity contribution in [2.45, 2.75) is 12.8 Å². The fourth-order valence-corrected chi connectivity index (χ4v) is 5.72. The molecule has 1 saturated carbocycles. The van der Waals surface area contributed by atoms with Gasteiger partial charge < -0.3 is 9.15 Å². The summed E-state index contributed by atoms with van der Waals surface area (Å²) in [6, 6.07) is 21.2. The van der Waals surface area contributed by atoms with Crippen LogP contribution in [0, 0.1) is 10.8 Å². The number of fused-ring (bicyclic) bond motifs is 4. The van der Waals surface area contributed by atoms with Gasteiger partial charge in [-0.15, -0.1) is 0 Å². The lowest BCUT2D eigenvalue weighted by atomic mass is 9.82. The van der Waals surface area contributed by atoms with Gasteiger partial charge in [-0.1, -0.05) is 54.9 Å². The molecule has 0 saturated heterocycles. The molecular formula is C28H17ClO6. The van der Waals surface area contributed by atoms with Gasteiger partial charge in [-0.3, -0.25) is 14.4 Å². The zero-order valence-electron chi connectivity index (χ0n) is 18.4. The average Bonchev–Trinajstić information content (AvgIpc) is 3.46. The molecule has 35 heavy (non-hydrogen) atoms. The van der Waals surface area contributed by atoms with Crippen LogP contribution in [0.4, 0.5) is 0 Å². The number of Topliss-reactive ketones (excluding diaryl/α,β-unsaturated/α-hetero) is 2. The number of esters is 1. The first kappa shape index (κ1) is 21.5. The Kier molecular flexibility index (Phi) is 4.44. The standard InChI is InChI=1S/C28H17ClO6/c1-27(23(30)15-10-12-17(29)13-11-15)22-18-7-3-5-9-21(18)35-26(33)28(22,27)24(31)19-14-16-6-2-4-8-20(16)34-25(19)32/h2-14,22H,1H3/t22-,27-,28+/m1/s1. The Morgan fingerprint density at radius 3 is 2.34 bits per heavy atom. The molecule has 3 aromatic carbocycles. The molecule has 1 aromatic heterocycles. The summed E-state index contributed by atoms with van der Waals surface area (Å²) in [7, 11) is 0. The first-order valence-corrected chi connectivity index (χ1v) is 11.4. The minimum Gasteiger partial charge on any atom is -0.425 e. The number of halogens is 1. The number of rotatable bonds is 4. The van der Waals surface area contributed by atoms with Gasteiger partial charge in [0.15, 0.2) is 17.0 Å². The van der Waals surface area contributed by atoms with Crippen molar-refractivity contribution in [2.75, 3.05) is 0 Å². The van der Waals surface area contributed by atoms with Gasteiger partial charge in [0.25, 0.3) is 0 Å². The Morgan fingerprint density at radius 1 is 0.886 bits per heavy atom. The van der Waals surface area contributed by atoms with E-state index in [-0.39, 0.29) is 5.56 Å². The number of hydrogen-bond donors (Lipinski definition) is 0. The largest absolute Gasteiger partial charge is 0.425 e. The number of carbonyl (C=O) groups excluding carboxylic acids is 3. The third kappa shape index (κ3) is 2.71. The Balaban J connectivity index is 1.58. The smallest absolute Gasteiger partial charge is 0.347 e. The molecule has 172 valence electrons. The summed E-state index contributed by atoms with van der Waals surface area (Å²) >= 11 is 6.00. The highest BCUT2D eigenvalue weighted by Gasteiger charge is 2.87. The van der Waals surface area contributed by atoms with Crippen LogP contribution in [-0.2, 0) is 4.79 Å². The minimum absolute atomic E-state index is 0.294. The molecule has 0 unspecified atom stereocenters. The first-order chi connectivity index (χ1) is 16.8. The third-order valence-electron chi connectivity index (χ3n) is 7.32. The monoisotopic (exact) mass is 484 g/mol. The van der Waals surface area contributed by atoms with Crippen LogP contribution in [0.2, 0.25) is 5.02 Å². The van der Waals surface area contributed by atoms with Crippen LogP contribution in [0.3, 0.4) is 0 Å². The molecule has 6 nitrogen and oxygen atoms in total. The van der Waals surface area contributed by atoms with Crippen molar-refractivity contribution < 1.29 is 23.5 Å². The van der Waals surface area contributed by atoms with Crippen molar-refractivity contribution in [2.24, 2.45) is 10.8 Å². The molecule has 2 aliphatic rings. The summed E-state index contributed by atoms with van der Waals surface area (Å²) in [6.07, 6.45) is 0. The molecule has 3 atom stereocenters. The Morgan fingerprint density at radius 2 is 1.57 bits per heavy atom. The predicted molar refractivity (Wildman–Crippen MR) is 128 cm³/mol. The zero-order valence-corrected chi connectivity index (χ0v) is 19.2. The SMILES string of the molecule is C[C@]1(C(=O)c2ccc(Cl)cc2)[C@H]2c3ccccc3OC(=O)[C@@]21C(=O)c1cc2ccccc2oc1=O. The van der Waals surface area contributed by atoms with Crippen molar-refractivity contribution in [1.82, 2.24) is 0 Å². The molecule has 1 aliphatic heterocycles. The van der Waals surface area contributed by atoms with E-state index in [0.29, 0.717) is 32.9 Å². The highest BCUT2D eigenvalue weighted by atomic mass is 35.5. The summed E-state index contributed by atoms with van der Waals surface area (Å²) in [5.74, 6) is -2.57. The summed E-state index contributed by atoms with van der Waals surface area (Å²) in [5.41, 5.74) is -3.38. The number of ether oxygens (including phenoxy) is 1. The second-order valence-electron chi connectivity index (χ2n) is 9.02. The minimum atomic E-state index is -1.91. The Labute approximate surface area is 204 Å². The molecule has 0 N–H and O–H groups in total. The number of hydrogen-bond acceptors (Lipinski definition) is 6. The first-order valence-electron chi connectivity index (χ1n) is 11.0. The maximum atomic E-state index is 14.1. The number of carbonyl (C=O) groups is 3. The highest BCUT2D eigenvalue weighted by Crippen LogP contribution is 2.79. The van der Waals surface area contributed by atoms with Crippen LogP contribution >= 0.6 is 11.6 Å². The van der Waals surface area contributed by atoms with Crippen molar-refractivity contribution in [1.29, 1.82) is 0 Å². The Bertz CT molecular complexity index is 1640. The third-order valence-corrected chi connectivity index (χ3v) is 7.58. The van der Waals surface area contributed by atoms with Crippen molar-refractivity contribution in [3.8, 4) is 5.75 Å². The maximum absolute atomic E-state index is 14.1. The molecule has 0 amide bonds. The lowest BCUT2D eigenvalue weighted by molar-refractivity contribution is -0.140. The molecule has 1 fully saturated rings. The van der Waals surface area contributed by atoms with E-state index in [2.05, 4.69) is 0 Å². The molecule has 0 spiro atoms. The molecule has 0 bridgehead atoms. The molecule has 1 aliphatic carbocycles. The van der Waals surface area contributed by atoms with Crippen LogP contribution in [0.1, 0.15) is 39.1 Å². The fraction of sp³-hybridized carbons (Fsp3) is 0.143.